The van der Waals surface area contributed by atoms with Gasteiger partial charge in [-0.05, 0) is 26.7 Å². The molecule has 0 radical (unpaired) electrons. The second-order valence-electron chi connectivity index (χ2n) is 4.90. The van der Waals surface area contributed by atoms with Gasteiger partial charge in [-0.15, -0.1) is 0 Å². The highest BCUT2D eigenvalue weighted by Gasteiger charge is 2.34. The fourth-order valence-corrected chi connectivity index (χ4v) is 3.41. The molecule has 0 amide bonds. The van der Waals surface area contributed by atoms with Crippen LogP contribution >= 0.6 is 0 Å². The Bertz CT molecular complexity index is 321. The molecule has 1 rings (SSSR count). The zero-order valence-corrected chi connectivity index (χ0v) is 11.1. The van der Waals surface area contributed by atoms with Crippen molar-refractivity contribution in [3.8, 4) is 0 Å². The summed E-state index contributed by atoms with van der Waals surface area (Å²) in [5, 5.41) is 0. The van der Waals surface area contributed by atoms with E-state index in [1.807, 2.05) is 13.8 Å². The van der Waals surface area contributed by atoms with Crippen molar-refractivity contribution >= 4 is 10.0 Å². The summed E-state index contributed by atoms with van der Waals surface area (Å²) in [5.41, 5.74) is 5.03. The lowest BCUT2D eigenvalue weighted by molar-refractivity contribution is 0.125. The third-order valence-corrected chi connectivity index (χ3v) is 5.31. The predicted molar refractivity (Wildman–Crippen MR) is 63.7 cm³/mol. The van der Waals surface area contributed by atoms with Gasteiger partial charge in [-0.2, -0.15) is 4.31 Å². The van der Waals surface area contributed by atoms with Crippen LogP contribution in [0.5, 0.6) is 0 Å². The van der Waals surface area contributed by atoms with Crippen LogP contribution in [0.1, 0.15) is 26.7 Å². The molecule has 96 valence electrons. The van der Waals surface area contributed by atoms with Crippen LogP contribution in [0.15, 0.2) is 0 Å². The molecule has 0 aliphatic carbocycles. The Hall–Kier alpha value is -0.170. The van der Waals surface area contributed by atoms with Crippen molar-refractivity contribution in [2.24, 2.45) is 5.73 Å². The second-order valence-corrected chi connectivity index (χ2v) is 6.94. The molecule has 1 aliphatic heterocycles. The van der Waals surface area contributed by atoms with Crippen LogP contribution in [-0.2, 0) is 14.8 Å². The maximum absolute atomic E-state index is 12.1. The Labute approximate surface area is 98.0 Å². The fraction of sp³-hybridized carbons (Fsp3) is 1.00. The van der Waals surface area contributed by atoms with Crippen molar-refractivity contribution in [2.75, 3.05) is 26.0 Å². The Morgan fingerprint density at radius 1 is 1.50 bits per heavy atom. The van der Waals surface area contributed by atoms with E-state index in [1.165, 1.54) is 4.31 Å². The Kier molecular flexibility index (Phi) is 4.34. The van der Waals surface area contributed by atoms with E-state index in [-0.39, 0.29) is 11.9 Å². The zero-order valence-electron chi connectivity index (χ0n) is 10.3. The van der Waals surface area contributed by atoms with E-state index >= 15 is 0 Å². The van der Waals surface area contributed by atoms with Crippen molar-refractivity contribution < 1.29 is 13.2 Å². The van der Waals surface area contributed by atoms with Gasteiger partial charge in [0.15, 0.2) is 0 Å². The first kappa shape index (κ1) is 13.9. The second kappa shape index (κ2) is 5.00. The monoisotopic (exact) mass is 250 g/mol. The number of nitrogens with two attached hydrogens (primary N) is 1. The fourth-order valence-electron chi connectivity index (χ4n) is 1.63. The van der Waals surface area contributed by atoms with E-state index in [2.05, 4.69) is 0 Å². The van der Waals surface area contributed by atoms with Gasteiger partial charge in [0.05, 0.1) is 11.9 Å². The Morgan fingerprint density at radius 3 is 2.56 bits per heavy atom. The van der Waals surface area contributed by atoms with Gasteiger partial charge in [0, 0.05) is 25.7 Å². The van der Waals surface area contributed by atoms with Crippen LogP contribution in [0.3, 0.4) is 0 Å². The van der Waals surface area contributed by atoms with Gasteiger partial charge >= 0.3 is 0 Å². The minimum atomic E-state index is -3.29. The average Bonchev–Trinajstić information content (AvgIpc) is 2.68. The molecule has 1 atom stereocenters. The highest BCUT2D eigenvalue weighted by Crippen LogP contribution is 2.20. The summed E-state index contributed by atoms with van der Waals surface area (Å²) in [4.78, 5) is 0. The Balaban J connectivity index is 2.69. The number of sulfonamides is 1. The molecule has 16 heavy (non-hydrogen) atoms. The van der Waals surface area contributed by atoms with Gasteiger partial charge in [0.25, 0.3) is 0 Å². The third-order valence-electron chi connectivity index (χ3n) is 3.19. The molecule has 0 aromatic heterocycles. The molecule has 0 bridgehead atoms. The lowest BCUT2D eigenvalue weighted by Crippen LogP contribution is -2.51. The van der Waals surface area contributed by atoms with E-state index in [0.29, 0.717) is 13.2 Å². The smallest absolute Gasteiger partial charge is 0.216 e. The first-order chi connectivity index (χ1) is 7.29. The number of rotatable bonds is 5. The molecule has 2 N–H and O–H groups in total. The first-order valence-electron chi connectivity index (χ1n) is 5.58. The summed E-state index contributed by atoms with van der Waals surface area (Å²) in [6.07, 6.45) is 1.63. The lowest BCUT2D eigenvalue weighted by Gasteiger charge is -2.34. The van der Waals surface area contributed by atoms with Gasteiger partial charge < -0.3 is 10.5 Å². The average molecular weight is 250 g/mol. The van der Waals surface area contributed by atoms with Crippen molar-refractivity contribution in [1.29, 1.82) is 0 Å². The van der Waals surface area contributed by atoms with Crippen molar-refractivity contribution in [3.05, 3.63) is 0 Å². The van der Waals surface area contributed by atoms with Gasteiger partial charge in [0.1, 0.15) is 0 Å². The highest BCUT2D eigenvalue weighted by molar-refractivity contribution is 7.89. The molecule has 1 unspecified atom stereocenters. The lowest BCUT2D eigenvalue weighted by atomic mass is 10.1. The van der Waals surface area contributed by atoms with Crippen LogP contribution in [0, 0.1) is 0 Å². The number of ether oxygens (including phenoxy) is 1. The highest BCUT2D eigenvalue weighted by atomic mass is 32.2. The molecule has 5 nitrogen and oxygen atoms in total. The van der Waals surface area contributed by atoms with Crippen LogP contribution in [0.25, 0.3) is 0 Å². The molecule has 1 heterocycles. The minimum absolute atomic E-state index is 0.0624. The minimum Gasteiger partial charge on any atom is -0.377 e. The molecule has 1 saturated heterocycles. The molecule has 0 saturated carbocycles. The summed E-state index contributed by atoms with van der Waals surface area (Å²) >= 11 is 0. The predicted octanol–water partition coefficient (Wildman–Crippen LogP) is 0.164. The van der Waals surface area contributed by atoms with E-state index in [0.717, 1.165) is 12.8 Å². The molecule has 6 heteroatoms. The standard InChI is InChI=1S/C10H22N2O3S/c1-10(2,8-11)12(3)16(13,14)7-9-5-4-6-15-9/h9H,4-8,11H2,1-3H3. The van der Waals surface area contributed by atoms with Crippen molar-refractivity contribution in [1.82, 2.24) is 4.31 Å². The molecule has 1 aliphatic rings. The molecule has 0 aromatic rings. The summed E-state index contributed by atoms with van der Waals surface area (Å²) in [7, 11) is -1.70. The first-order valence-corrected chi connectivity index (χ1v) is 7.19. The van der Waals surface area contributed by atoms with Gasteiger partial charge in [-0.25, -0.2) is 8.42 Å². The largest absolute Gasteiger partial charge is 0.377 e. The molecule has 0 spiro atoms. The van der Waals surface area contributed by atoms with Gasteiger partial charge in [-0.3, -0.25) is 0 Å². The molecule has 0 aromatic carbocycles. The molecular formula is C10H22N2O3S. The van der Waals surface area contributed by atoms with Crippen LogP contribution in [-0.4, -0.2) is 50.3 Å². The number of hydrogen-bond donors (Lipinski definition) is 1. The normalized spacial score (nSPS) is 22.9. The van der Waals surface area contributed by atoms with E-state index in [1.54, 1.807) is 7.05 Å². The maximum atomic E-state index is 12.1. The van der Waals surface area contributed by atoms with Gasteiger partial charge in [0.2, 0.25) is 10.0 Å². The Morgan fingerprint density at radius 2 is 2.12 bits per heavy atom. The number of hydrogen-bond acceptors (Lipinski definition) is 4. The van der Waals surface area contributed by atoms with Crippen LogP contribution in [0.2, 0.25) is 0 Å². The summed E-state index contributed by atoms with van der Waals surface area (Å²) in [5.74, 6) is 0.0624. The summed E-state index contributed by atoms with van der Waals surface area (Å²) in [6, 6.07) is 0. The molecular weight excluding hydrogens is 228 g/mol. The number of likely N-dealkylation sites (N-methyl/N-ethyl adjacent to an activating group) is 1. The zero-order chi connectivity index (χ0) is 12.4. The van der Waals surface area contributed by atoms with Crippen LogP contribution < -0.4 is 5.73 Å². The van der Waals surface area contributed by atoms with E-state index in [9.17, 15) is 8.42 Å². The van der Waals surface area contributed by atoms with E-state index in [4.69, 9.17) is 10.5 Å². The van der Waals surface area contributed by atoms with Gasteiger partial charge in [-0.1, -0.05) is 0 Å². The SMILES string of the molecule is CN(C(C)(C)CN)S(=O)(=O)CC1CCCO1. The van der Waals surface area contributed by atoms with Crippen molar-refractivity contribution in [2.45, 2.75) is 38.3 Å². The third kappa shape index (κ3) is 3.16. The van der Waals surface area contributed by atoms with Crippen molar-refractivity contribution in [3.63, 3.8) is 0 Å². The van der Waals surface area contributed by atoms with E-state index < -0.39 is 15.6 Å². The van der Waals surface area contributed by atoms with Crippen LogP contribution in [0.4, 0.5) is 0 Å². The molecule has 1 fully saturated rings. The topological polar surface area (TPSA) is 72.6 Å². The maximum Gasteiger partial charge on any atom is 0.216 e. The number of nitrogens with zero attached hydrogens (tertiary/aromatic N) is 1. The summed E-state index contributed by atoms with van der Waals surface area (Å²) in [6.45, 7) is 4.61. The quantitative estimate of drug-likeness (QED) is 0.754. The summed E-state index contributed by atoms with van der Waals surface area (Å²) < 4.78 is 30.9.